The molecule has 1 aromatic carbocycles. The van der Waals surface area contributed by atoms with Crippen molar-refractivity contribution in [2.24, 2.45) is 0 Å². The monoisotopic (exact) mass is 276 g/mol. The highest BCUT2D eigenvalue weighted by Crippen LogP contribution is 2.29. The molecule has 0 saturated heterocycles. The van der Waals surface area contributed by atoms with Crippen LogP contribution in [0.3, 0.4) is 0 Å². The summed E-state index contributed by atoms with van der Waals surface area (Å²) in [5, 5.41) is 20.6. The third-order valence-corrected chi connectivity index (χ3v) is 3.58. The largest absolute Gasteiger partial charge is 0.437 e. The molecule has 2 heterocycles. The van der Waals surface area contributed by atoms with E-state index in [1.165, 1.54) is 11.3 Å². The van der Waals surface area contributed by atoms with E-state index in [9.17, 15) is 10.2 Å². The summed E-state index contributed by atoms with van der Waals surface area (Å²) in [6.07, 6.45) is 1.84. The van der Waals surface area contributed by atoms with Gasteiger partial charge >= 0.3 is 0 Å². The summed E-state index contributed by atoms with van der Waals surface area (Å²) in [6, 6.07) is 7.20. The Morgan fingerprint density at radius 2 is 2.05 bits per heavy atom. The number of imidazole rings is 1. The lowest BCUT2D eigenvalue weighted by Crippen LogP contribution is -1.96. The zero-order valence-corrected chi connectivity index (χ0v) is 10.8. The second kappa shape index (κ2) is 5.00. The van der Waals surface area contributed by atoms with Crippen LogP contribution in [-0.4, -0.2) is 19.6 Å². The highest BCUT2D eigenvalue weighted by molar-refractivity contribution is 7.15. The first-order chi connectivity index (χ1) is 9.33. The van der Waals surface area contributed by atoms with Gasteiger partial charge in [0, 0.05) is 17.1 Å². The first kappa shape index (κ1) is 12.2. The molecule has 0 atom stereocenters. The van der Waals surface area contributed by atoms with Crippen molar-refractivity contribution in [2.75, 3.05) is 0 Å². The van der Waals surface area contributed by atoms with Crippen LogP contribution in [-0.2, 0) is 13.2 Å². The Labute approximate surface area is 113 Å². The number of hydrogen-bond donors (Lipinski definition) is 2. The predicted molar refractivity (Wildman–Crippen MR) is 71.4 cm³/mol. The molecular formula is C13H12N2O3S. The van der Waals surface area contributed by atoms with Gasteiger partial charge in [0.05, 0.1) is 13.2 Å². The van der Waals surface area contributed by atoms with E-state index in [0.29, 0.717) is 22.9 Å². The number of nitrogens with zero attached hydrogens (tertiary/aromatic N) is 2. The minimum atomic E-state index is -0.158. The van der Waals surface area contributed by atoms with Gasteiger partial charge in [-0.2, -0.15) is 4.98 Å². The number of aliphatic hydroxyl groups excluding tert-OH is 2. The molecule has 0 spiro atoms. The van der Waals surface area contributed by atoms with Gasteiger partial charge in [-0.25, -0.2) is 0 Å². The van der Waals surface area contributed by atoms with Crippen LogP contribution in [0.5, 0.6) is 11.6 Å². The summed E-state index contributed by atoms with van der Waals surface area (Å²) in [6.45, 7) is -0.263. The Kier molecular flexibility index (Phi) is 3.20. The minimum absolute atomic E-state index is 0.104. The summed E-state index contributed by atoms with van der Waals surface area (Å²) in [5.74, 6) is 0.917. The number of ether oxygens (including phenoxy) is 1. The second-order valence-electron chi connectivity index (χ2n) is 3.95. The second-order valence-corrected chi connectivity index (χ2v) is 4.82. The number of rotatable bonds is 4. The number of aromatic nitrogens is 2. The van der Waals surface area contributed by atoms with Crippen LogP contribution in [0.2, 0.25) is 0 Å². The first-order valence-electron chi connectivity index (χ1n) is 5.75. The zero-order valence-electron chi connectivity index (χ0n) is 9.98. The third kappa shape index (κ3) is 2.10. The third-order valence-electron chi connectivity index (χ3n) is 2.82. The first-order valence-corrected chi connectivity index (χ1v) is 6.63. The molecule has 0 aliphatic carbocycles. The lowest BCUT2D eigenvalue weighted by atomic mass is 10.2. The maximum Gasteiger partial charge on any atom is 0.244 e. The van der Waals surface area contributed by atoms with E-state index in [1.54, 1.807) is 16.5 Å². The van der Waals surface area contributed by atoms with Crippen LogP contribution in [0.15, 0.2) is 35.8 Å². The number of thiazole rings is 1. The van der Waals surface area contributed by atoms with Crippen LogP contribution >= 0.6 is 11.3 Å². The summed E-state index contributed by atoms with van der Waals surface area (Å²) in [7, 11) is 0. The molecule has 0 fully saturated rings. The lowest BCUT2D eigenvalue weighted by Gasteiger charge is -2.08. The van der Waals surface area contributed by atoms with Crippen molar-refractivity contribution in [3.05, 3.63) is 47.1 Å². The Morgan fingerprint density at radius 1 is 1.21 bits per heavy atom. The Hall–Kier alpha value is -1.89. The van der Waals surface area contributed by atoms with Crippen LogP contribution in [0.4, 0.5) is 0 Å². The number of aliphatic hydroxyl groups is 2. The molecule has 0 radical (unpaired) electrons. The molecule has 0 saturated carbocycles. The van der Waals surface area contributed by atoms with E-state index >= 15 is 0 Å². The standard InChI is InChI=1S/C13H12N2O3S/c16-7-9-3-1-2-4-11(9)18-12-10(8-17)15-5-6-19-13(15)14-12/h1-6,16-17H,7-8H2. The zero-order chi connectivity index (χ0) is 13.2. The van der Waals surface area contributed by atoms with Gasteiger partial charge in [-0.1, -0.05) is 18.2 Å². The van der Waals surface area contributed by atoms with Crippen molar-refractivity contribution in [2.45, 2.75) is 13.2 Å². The molecular weight excluding hydrogens is 264 g/mol. The van der Waals surface area contributed by atoms with Crippen LogP contribution in [0.1, 0.15) is 11.3 Å². The molecule has 3 rings (SSSR count). The minimum Gasteiger partial charge on any atom is -0.437 e. The molecule has 0 amide bonds. The topological polar surface area (TPSA) is 67.0 Å². The van der Waals surface area contributed by atoms with E-state index in [2.05, 4.69) is 4.98 Å². The number of hydrogen-bond acceptors (Lipinski definition) is 5. The van der Waals surface area contributed by atoms with E-state index in [4.69, 9.17) is 4.74 Å². The average molecular weight is 276 g/mol. The summed E-state index contributed by atoms with van der Waals surface area (Å²) >= 11 is 1.47. The van der Waals surface area contributed by atoms with E-state index < -0.39 is 0 Å². The average Bonchev–Trinajstić information content (AvgIpc) is 2.99. The predicted octanol–water partition coefficient (Wildman–Crippen LogP) is 2.17. The molecule has 0 aliphatic rings. The molecule has 0 bridgehead atoms. The Balaban J connectivity index is 2.02. The molecule has 3 aromatic rings. The Bertz CT molecular complexity index is 705. The van der Waals surface area contributed by atoms with Gasteiger partial charge in [0.1, 0.15) is 11.4 Å². The van der Waals surface area contributed by atoms with Crippen LogP contribution < -0.4 is 4.74 Å². The highest BCUT2D eigenvalue weighted by atomic mass is 32.1. The fourth-order valence-electron chi connectivity index (χ4n) is 1.88. The fourth-order valence-corrected chi connectivity index (χ4v) is 2.60. The molecule has 0 aliphatic heterocycles. The van der Waals surface area contributed by atoms with Crippen LogP contribution in [0, 0.1) is 0 Å². The molecule has 98 valence electrons. The maximum atomic E-state index is 9.44. The normalized spacial score (nSPS) is 11.1. The summed E-state index contributed by atoms with van der Waals surface area (Å²) < 4.78 is 7.51. The lowest BCUT2D eigenvalue weighted by molar-refractivity contribution is 0.266. The fraction of sp³-hybridized carbons (Fsp3) is 0.154. The van der Waals surface area contributed by atoms with Gasteiger partial charge in [0.2, 0.25) is 5.88 Å². The van der Waals surface area contributed by atoms with Crippen molar-refractivity contribution >= 4 is 16.3 Å². The molecule has 2 N–H and O–H groups in total. The molecule has 0 unspecified atom stereocenters. The maximum absolute atomic E-state index is 9.44. The number of fused-ring (bicyclic) bond motifs is 1. The van der Waals surface area contributed by atoms with Crippen molar-refractivity contribution in [3.63, 3.8) is 0 Å². The van der Waals surface area contributed by atoms with Crippen molar-refractivity contribution in [1.29, 1.82) is 0 Å². The molecule has 5 nitrogen and oxygen atoms in total. The SMILES string of the molecule is OCc1ccccc1Oc1nc2sccn2c1CO. The van der Waals surface area contributed by atoms with Crippen LogP contribution in [0.25, 0.3) is 4.96 Å². The van der Waals surface area contributed by atoms with E-state index in [0.717, 1.165) is 4.96 Å². The summed E-state index contributed by atoms with van der Waals surface area (Å²) in [4.78, 5) is 5.10. The van der Waals surface area contributed by atoms with Gasteiger partial charge < -0.3 is 14.9 Å². The molecule has 2 aromatic heterocycles. The summed E-state index contributed by atoms with van der Waals surface area (Å²) in [5.41, 5.74) is 1.28. The quantitative estimate of drug-likeness (QED) is 0.766. The molecule has 19 heavy (non-hydrogen) atoms. The van der Waals surface area contributed by atoms with Gasteiger partial charge in [0.15, 0.2) is 4.96 Å². The number of para-hydroxylation sites is 1. The Morgan fingerprint density at radius 3 is 2.84 bits per heavy atom. The van der Waals surface area contributed by atoms with E-state index in [-0.39, 0.29) is 13.2 Å². The van der Waals surface area contributed by atoms with Crippen molar-refractivity contribution in [1.82, 2.24) is 9.38 Å². The van der Waals surface area contributed by atoms with Crippen molar-refractivity contribution in [3.8, 4) is 11.6 Å². The van der Waals surface area contributed by atoms with Gasteiger partial charge in [0.25, 0.3) is 0 Å². The highest BCUT2D eigenvalue weighted by Gasteiger charge is 2.15. The number of benzene rings is 1. The van der Waals surface area contributed by atoms with Gasteiger partial charge in [-0.05, 0) is 6.07 Å². The molecule has 6 heteroatoms. The van der Waals surface area contributed by atoms with E-state index in [1.807, 2.05) is 23.7 Å². The van der Waals surface area contributed by atoms with Crippen molar-refractivity contribution < 1.29 is 14.9 Å². The smallest absolute Gasteiger partial charge is 0.244 e. The van der Waals surface area contributed by atoms with Gasteiger partial charge in [-0.3, -0.25) is 4.40 Å². The van der Waals surface area contributed by atoms with Gasteiger partial charge in [-0.15, -0.1) is 11.3 Å².